The van der Waals surface area contributed by atoms with Gasteiger partial charge in [-0.1, -0.05) is 58.7 Å². The van der Waals surface area contributed by atoms with Crippen molar-refractivity contribution >= 4 is 16.0 Å². The third kappa shape index (κ3) is 6.84. The number of methoxy groups -OCH3 is 1. The Labute approximate surface area is 176 Å². The van der Waals surface area contributed by atoms with Crippen LogP contribution in [0.3, 0.4) is 0 Å². The molecule has 0 aliphatic heterocycles. The van der Waals surface area contributed by atoms with Gasteiger partial charge in [-0.05, 0) is 49.8 Å². The Hall–Kier alpha value is -1.88. The Balaban J connectivity index is 3.70. The Kier molecular flexibility index (Phi) is 9.34. The molecule has 1 atom stereocenters. The van der Waals surface area contributed by atoms with Crippen molar-refractivity contribution in [1.82, 2.24) is 4.72 Å². The number of ether oxygens (including phenoxy) is 1. The zero-order valence-electron chi connectivity index (χ0n) is 18.7. The molecule has 0 saturated heterocycles. The van der Waals surface area contributed by atoms with Crippen LogP contribution in [0.5, 0.6) is 0 Å². The fraction of sp³-hybridized carbons (Fsp3) is 0.565. The molecule has 0 aliphatic rings. The van der Waals surface area contributed by atoms with Gasteiger partial charge in [-0.2, -0.15) is 4.72 Å². The van der Waals surface area contributed by atoms with Crippen LogP contribution in [0.4, 0.5) is 0 Å². The number of sulfonamides is 1. The number of benzene rings is 1. The highest BCUT2D eigenvalue weighted by Gasteiger charge is 2.47. The zero-order chi connectivity index (χ0) is 22.2. The van der Waals surface area contributed by atoms with E-state index in [0.29, 0.717) is 12.0 Å². The van der Waals surface area contributed by atoms with Gasteiger partial charge in [0, 0.05) is 5.57 Å². The highest BCUT2D eigenvalue weighted by Crippen LogP contribution is 2.32. The van der Waals surface area contributed by atoms with E-state index in [9.17, 15) is 13.2 Å². The van der Waals surface area contributed by atoms with E-state index in [2.05, 4.69) is 10.5 Å². The average Bonchev–Trinajstić information content (AvgIpc) is 2.63. The molecule has 1 N–H and O–H groups in total. The molecular formula is C23H35NO4S. The van der Waals surface area contributed by atoms with Crippen LogP contribution in [0.2, 0.25) is 0 Å². The first kappa shape index (κ1) is 25.2. The Morgan fingerprint density at radius 2 is 1.79 bits per heavy atom. The maximum absolute atomic E-state index is 13.2. The SMILES string of the molecule is CCCC(=C=CC(C)C)[C@@](CC(C)C)(NS(=O)(=O)c1ccc(C)cc1)C(=O)OC. The number of carbonyl (C=O) groups is 1. The lowest BCUT2D eigenvalue weighted by Gasteiger charge is -2.34. The summed E-state index contributed by atoms with van der Waals surface area (Å²) < 4.78 is 34.3. The van der Waals surface area contributed by atoms with Crippen molar-refractivity contribution in [3.63, 3.8) is 0 Å². The molecule has 0 unspecified atom stereocenters. The standard InChI is InChI=1S/C23H35NO4S/c1-8-9-20(13-10-17(2)3)23(16-18(4)5,22(25)28-7)24-29(26,27)21-14-11-19(6)12-15-21/h10-12,14-15,17-18,24H,8-9,16H2,1-7H3/t13?,23-/m1/s1. The van der Waals surface area contributed by atoms with Crippen LogP contribution >= 0.6 is 0 Å². The summed E-state index contributed by atoms with van der Waals surface area (Å²) in [4.78, 5) is 13.2. The summed E-state index contributed by atoms with van der Waals surface area (Å²) in [5.41, 5.74) is 3.28. The summed E-state index contributed by atoms with van der Waals surface area (Å²) in [7, 11) is -2.68. The number of hydrogen-bond acceptors (Lipinski definition) is 4. The summed E-state index contributed by atoms with van der Waals surface area (Å²) in [6.45, 7) is 11.8. The summed E-state index contributed by atoms with van der Waals surface area (Å²) in [6.07, 6.45) is 3.42. The number of esters is 1. The van der Waals surface area contributed by atoms with Gasteiger partial charge in [-0.15, -0.1) is 5.73 Å². The van der Waals surface area contributed by atoms with Gasteiger partial charge in [0.15, 0.2) is 5.54 Å². The molecule has 0 spiro atoms. The van der Waals surface area contributed by atoms with Gasteiger partial charge in [0.25, 0.3) is 0 Å². The van der Waals surface area contributed by atoms with E-state index in [1.165, 1.54) is 7.11 Å². The fourth-order valence-electron chi connectivity index (χ4n) is 3.19. The van der Waals surface area contributed by atoms with Gasteiger partial charge in [0.1, 0.15) is 0 Å². The van der Waals surface area contributed by atoms with E-state index in [4.69, 9.17) is 4.74 Å². The van der Waals surface area contributed by atoms with Crippen molar-refractivity contribution in [2.75, 3.05) is 7.11 Å². The van der Waals surface area contributed by atoms with Crippen LogP contribution in [0.15, 0.2) is 46.5 Å². The van der Waals surface area contributed by atoms with Crippen LogP contribution < -0.4 is 4.72 Å². The second-order valence-electron chi connectivity index (χ2n) is 8.20. The number of carbonyl (C=O) groups excluding carboxylic acids is 1. The van der Waals surface area contributed by atoms with Crippen molar-refractivity contribution in [3.05, 3.63) is 47.2 Å². The van der Waals surface area contributed by atoms with Gasteiger partial charge >= 0.3 is 5.97 Å². The molecule has 1 aromatic rings. The first-order valence-corrected chi connectivity index (χ1v) is 11.6. The van der Waals surface area contributed by atoms with Gasteiger partial charge in [0.2, 0.25) is 10.0 Å². The maximum Gasteiger partial charge on any atom is 0.332 e. The minimum absolute atomic E-state index is 0.0440. The summed E-state index contributed by atoms with van der Waals surface area (Å²) in [6, 6.07) is 6.56. The molecule has 0 aromatic heterocycles. The zero-order valence-corrected chi connectivity index (χ0v) is 19.5. The van der Waals surface area contributed by atoms with Gasteiger partial charge in [-0.3, -0.25) is 0 Å². The molecule has 1 aromatic carbocycles. The average molecular weight is 422 g/mol. The predicted octanol–water partition coefficient (Wildman–Crippen LogP) is 4.77. The van der Waals surface area contributed by atoms with Crippen LogP contribution in [0, 0.1) is 18.8 Å². The molecule has 0 saturated carbocycles. The van der Waals surface area contributed by atoms with E-state index in [0.717, 1.165) is 12.0 Å². The van der Waals surface area contributed by atoms with Gasteiger partial charge in [-0.25, -0.2) is 13.2 Å². The lowest BCUT2D eigenvalue weighted by Crippen LogP contribution is -2.57. The summed E-state index contributed by atoms with van der Waals surface area (Å²) in [5, 5.41) is 0. The minimum Gasteiger partial charge on any atom is -0.467 e. The van der Waals surface area contributed by atoms with Crippen LogP contribution in [0.1, 0.15) is 59.4 Å². The van der Waals surface area contributed by atoms with Crippen LogP contribution in [0.25, 0.3) is 0 Å². The molecule has 0 amide bonds. The second-order valence-corrected chi connectivity index (χ2v) is 9.88. The van der Waals surface area contributed by atoms with Crippen LogP contribution in [-0.4, -0.2) is 27.0 Å². The van der Waals surface area contributed by atoms with Crippen molar-refractivity contribution in [2.24, 2.45) is 11.8 Å². The number of hydrogen-bond donors (Lipinski definition) is 1. The molecule has 0 aliphatic carbocycles. The van der Waals surface area contributed by atoms with Crippen molar-refractivity contribution < 1.29 is 17.9 Å². The molecule has 6 heteroatoms. The largest absolute Gasteiger partial charge is 0.467 e. The number of rotatable bonds is 10. The molecule has 162 valence electrons. The highest BCUT2D eigenvalue weighted by atomic mass is 32.2. The molecular weight excluding hydrogens is 386 g/mol. The smallest absolute Gasteiger partial charge is 0.332 e. The molecule has 0 radical (unpaired) electrons. The molecule has 0 bridgehead atoms. The predicted molar refractivity (Wildman–Crippen MR) is 117 cm³/mol. The lowest BCUT2D eigenvalue weighted by molar-refractivity contribution is -0.146. The Morgan fingerprint density at radius 1 is 1.21 bits per heavy atom. The number of aryl methyl sites for hydroxylation is 1. The molecule has 0 heterocycles. The van der Waals surface area contributed by atoms with E-state index < -0.39 is 21.5 Å². The number of nitrogens with one attached hydrogen (secondary N) is 1. The third-order valence-electron chi connectivity index (χ3n) is 4.49. The summed E-state index contributed by atoms with van der Waals surface area (Å²) >= 11 is 0. The Morgan fingerprint density at radius 3 is 2.24 bits per heavy atom. The van der Waals surface area contributed by atoms with Gasteiger partial charge < -0.3 is 4.74 Å². The monoisotopic (exact) mass is 421 g/mol. The van der Waals surface area contributed by atoms with E-state index in [1.54, 1.807) is 24.3 Å². The van der Waals surface area contributed by atoms with Crippen molar-refractivity contribution in [2.45, 2.75) is 71.2 Å². The molecule has 5 nitrogen and oxygen atoms in total. The molecule has 1 rings (SSSR count). The first-order chi connectivity index (χ1) is 13.5. The summed E-state index contributed by atoms with van der Waals surface area (Å²) in [5.74, 6) is -0.359. The normalized spacial score (nSPS) is 13.7. The molecule has 29 heavy (non-hydrogen) atoms. The van der Waals surface area contributed by atoms with E-state index in [1.807, 2.05) is 47.6 Å². The lowest BCUT2D eigenvalue weighted by atomic mass is 9.81. The van der Waals surface area contributed by atoms with E-state index in [-0.39, 0.29) is 23.2 Å². The highest BCUT2D eigenvalue weighted by molar-refractivity contribution is 7.89. The van der Waals surface area contributed by atoms with Crippen molar-refractivity contribution in [3.8, 4) is 0 Å². The minimum atomic E-state index is -3.96. The molecule has 0 fully saturated rings. The topological polar surface area (TPSA) is 72.5 Å². The maximum atomic E-state index is 13.2. The fourth-order valence-corrected chi connectivity index (χ4v) is 4.55. The van der Waals surface area contributed by atoms with Crippen LogP contribution in [-0.2, 0) is 19.6 Å². The quantitative estimate of drug-likeness (QED) is 0.436. The second kappa shape index (κ2) is 10.8. The van der Waals surface area contributed by atoms with Crippen molar-refractivity contribution in [1.29, 1.82) is 0 Å². The first-order valence-electron chi connectivity index (χ1n) is 10.1. The third-order valence-corrected chi connectivity index (χ3v) is 6.00. The van der Waals surface area contributed by atoms with E-state index >= 15 is 0 Å². The Bertz CT molecular complexity index is 847. The van der Waals surface area contributed by atoms with Gasteiger partial charge in [0.05, 0.1) is 12.0 Å².